The third-order valence-corrected chi connectivity index (χ3v) is 5.91. The fraction of sp³-hybridized carbons (Fsp3) is 0.200. The van der Waals surface area contributed by atoms with Crippen LogP contribution < -0.4 is 4.74 Å². The molecule has 4 aromatic rings. The predicted octanol–water partition coefficient (Wildman–Crippen LogP) is 5.39. The highest BCUT2D eigenvalue weighted by Crippen LogP contribution is 2.43. The van der Waals surface area contributed by atoms with Crippen molar-refractivity contribution in [1.29, 1.82) is 0 Å². The molecule has 0 unspecified atom stereocenters. The Morgan fingerprint density at radius 1 is 1.11 bits per heavy atom. The van der Waals surface area contributed by atoms with E-state index in [1.54, 1.807) is 21.0 Å². The quantitative estimate of drug-likeness (QED) is 0.342. The van der Waals surface area contributed by atoms with E-state index < -0.39 is 0 Å². The summed E-state index contributed by atoms with van der Waals surface area (Å²) in [5.74, 6) is 1.29. The van der Waals surface area contributed by atoms with E-state index in [2.05, 4.69) is 15.0 Å². The monoisotopic (exact) mass is 397 g/mol. The maximum Gasteiger partial charge on any atom is 0.162 e. The van der Waals surface area contributed by atoms with Crippen molar-refractivity contribution in [1.82, 2.24) is 15.0 Å². The molecule has 5 nitrogen and oxygen atoms in total. The fourth-order valence-electron chi connectivity index (χ4n) is 3.33. The second-order valence-electron chi connectivity index (χ2n) is 6.25. The minimum absolute atomic E-state index is 0.0380. The van der Waals surface area contributed by atoms with Gasteiger partial charge in [0.15, 0.2) is 10.9 Å². The van der Waals surface area contributed by atoms with Crippen LogP contribution in [0.5, 0.6) is 5.75 Å². The molecule has 1 aromatic carbocycles. The molecule has 0 spiro atoms. The molecule has 7 heteroatoms. The van der Waals surface area contributed by atoms with Crippen LogP contribution in [0, 0.1) is 13.8 Å². The number of hydrogen-bond acceptors (Lipinski definition) is 6. The molecule has 4 rings (SSSR count). The summed E-state index contributed by atoms with van der Waals surface area (Å²) in [6.07, 6.45) is 0. The van der Waals surface area contributed by atoms with Gasteiger partial charge in [-0.3, -0.25) is 4.79 Å². The third kappa shape index (κ3) is 2.85. The van der Waals surface area contributed by atoms with Gasteiger partial charge in [0.05, 0.1) is 23.0 Å². The Kier molecular flexibility index (Phi) is 4.32. The highest BCUT2D eigenvalue weighted by molar-refractivity contribution is 7.26. The van der Waals surface area contributed by atoms with Crippen molar-refractivity contribution in [2.24, 2.45) is 0 Å². The minimum Gasteiger partial charge on any atom is -0.497 e. The lowest BCUT2D eigenvalue weighted by atomic mass is 9.93. The predicted molar refractivity (Wildman–Crippen MR) is 109 cm³/mol. The number of carbonyl (C=O) groups excluding carboxylic acids is 1. The van der Waals surface area contributed by atoms with Crippen molar-refractivity contribution >= 4 is 49.2 Å². The Labute approximate surface area is 165 Å². The van der Waals surface area contributed by atoms with Gasteiger partial charge < -0.3 is 4.74 Å². The number of nitrogens with zero attached hydrogens (tertiary/aromatic N) is 3. The number of aromatic nitrogens is 3. The maximum atomic E-state index is 12.5. The number of halogens is 1. The zero-order valence-corrected chi connectivity index (χ0v) is 16.8. The first-order chi connectivity index (χ1) is 12.9. The van der Waals surface area contributed by atoms with Gasteiger partial charge in [-0.2, -0.15) is 0 Å². The molecule has 0 amide bonds. The second kappa shape index (κ2) is 6.55. The number of benzene rings is 1. The van der Waals surface area contributed by atoms with Crippen LogP contribution in [0.25, 0.3) is 31.6 Å². The molecule has 0 N–H and O–H groups in total. The Morgan fingerprint density at radius 2 is 1.81 bits per heavy atom. The van der Waals surface area contributed by atoms with E-state index >= 15 is 0 Å². The number of fused-ring (bicyclic) bond motifs is 3. The number of pyridine rings is 1. The number of Topliss-reactive ketones (excluding diaryl/α,β-unsaturated/α-hetero) is 1. The van der Waals surface area contributed by atoms with Gasteiger partial charge in [-0.15, -0.1) is 11.3 Å². The van der Waals surface area contributed by atoms with Crippen LogP contribution in [0.2, 0.25) is 5.15 Å². The largest absolute Gasteiger partial charge is 0.497 e. The maximum absolute atomic E-state index is 12.5. The number of ketones is 1. The number of aryl methyl sites for hydroxylation is 2. The highest BCUT2D eigenvalue weighted by atomic mass is 35.5. The average molecular weight is 398 g/mol. The van der Waals surface area contributed by atoms with E-state index in [1.165, 1.54) is 11.3 Å². The standard InChI is InChI=1S/C20H16ClN3O2S/c1-9-14(10(2)25)15(12-5-7-13(26-4)8-6-12)16-17-18(27-20(16)22-9)19(21)24-11(3)23-17/h5-8H,1-4H3. The van der Waals surface area contributed by atoms with E-state index in [1.807, 2.05) is 31.2 Å². The topological polar surface area (TPSA) is 65.0 Å². The summed E-state index contributed by atoms with van der Waals surface area (Å²) in [6, 6.07) is 7.64. The van der Waals surface area contributed by atoms with Gasteiger partial charge in [-0.25, -0.2) is 15.0 Å². The summed E-state index contributed by atoms with van der Waals surface area (Å²) in [4.78, 5) is 26.8. The normalized spacial score (nSPS) is 11.3. The molecular formula is C20H16ClN3O2S. The zero-order chi connectivity index (χ0) is 19.3. The van der Waals surface area contributed by atoms with Gasteiger partial charge in [0.1, 0.15) is 16.4 Å². The molecule has 0 atom stereocenters. The van der Waals surface area contributed by atoms with Crippen LogP contribution in [0.15, 0.2) is 24.3 Å². The van der Waals surface area contributed by atoms with E-state index in [4.69, 9.17) is 16.3 Å². The number of methoxy groups -OCH3 is 1. The third-order valence-electron chi connectivity index (χ3n) is 4.45. The van der Waals surface area contributed by atoms with Gasteiger partial charge >= 0.3 is 0 Å². The molecule has 3 heterocycles. The Bertz CT molecular complexity index is 1220. The van der Waals surface area contributed by atoms with Crippen molar-refractivity contribution in [3.05, 3.63) is 46.5 Å². The summed E-state index contributed by atoms with van der Waals surface area (Å²) in [6.45, 7) is 5.21. The lowest BCUT2D eigenvalue weighted by Gasteiger charge is -2.12. The SMILES string of the molecule is COc1ccc(-c2c(C(C)=O)c(C)nc3sc4c(Cl)nc(C)nc4c23)cc1. The minimum atomic E-state index is -0.0380. The van der Waals surface area contributed by atoms with E-state index in [9.17, 15) is 4.79 Å². The van der Waals surface area contributed by atoms with Crippen LogP contribution in [0.1, 0.15) is 28.8 Å². The molecule has 0 saturated heterocycles. The Morgan fingerprint density at radius 3 is 2.44 bits per heavy atom. The molecule has 3 aromatic heterocycles. The first-order valence-electron chi connectivity index (χ1n) is 8.33. The summed E-state index contributed by atoms with van der Waals surface area (Å²) < 4.78 is 6.04. The van der Waals surface area contributed by atoms with Gasteiger partial charge in [0.2, 0.25) is 0 Å². The van der Waals surface area contributed by atoms with Crippen molar-refractivity contribution in [3.63, 3.8) is 0 Å². The average Bonchev–Trinajstić information content (AvgIpc) is 2.98. The molecule has 0 bridgehead atoms. The van der Waals surface area contributed by atoms with Crippen LogP contribution in [0.3, 0.4) is 0 Å². The van der Waals surface area contributed by atoms with Gasteiger partial charge in [0.25, 0.3) is 0 Å². The fourth-order valence-corrected chi connectivity index (χ4v) is 4.71. The first-order valence-corrected chi connectivity index (χ1v) is 9.52. The van der Waals surface area contributed by atoms with Crippen molar-refractivity contribution in [2.45, 2.75) is 20.8 Å². The molecule has 0 aliphatic rings. The van der Waals surface area contributed by atoms with Crippen molar-refractivity contribution < 1.29 is 9.53 Å². The lowest BCUT2D eigenvalue weighted by Crippen LogP contribution is -2.03. The van der Waals surface area contributed by atoms with Crippen molar-refractivity contribution in [3.8, 4) is 16.9 Å². The lowest BCUT2D eigenvalue weighted by molar-refractivity contribution is 0.101. The van der Waals surface area contributed by atoms with Crippen LogP contribution in [-0.4, -0.2) is 27.8 Å². The number of thiophene rings is 1. The molecule has 0 radical (unpaired) electrons. The summed E-state index contributed by atoms with van der Waals surface area (Å²) in [5, 5.41) is 1.24. The molecule has 136 valence electrons. The highest BCUT2D eigenvalue weighted by Gasteiger charge is 2.23. The molecule has 0 saturated carbocycles. The molecule has 0 aliphatic carbocycles. The number of rotatable bonds is 3. The van der Waals surface area contributed by atoms with Gasteiger partial charge in [-0.1, -0.05) is 23.7 Å². The summed E-state index contributed by atoms with van der Waals surface area (Å²) >= 11 is 7.81. The van der Waals surface area contributed by atoms with Crippen molar-refractivity contribution in [2.75, 3.05) is 7.11 Å². The van der Waals surface area contributed by atoms with E-state index in [0.29, 0.717) is 22.2 Å². The van der Waals surface area contributed by atoms with Gasteiger partial charge in [-0.05, 0) is 38.5 Å². The van der Waals surface area contributed by atoms with Crippen LogP contribution in [0.4, 0.5) is 0 Å². The summed E-state index contributed by atoms with van der Waals surface area (Å²) in [5.41, 5.74) is 3.75. The molecule has 0 fully saturated rings. The number of ether oxygens (including phenoxy) is 1. The molecule has 0 aliphatic heterocycles. The summed E-state index contributed by atoms with van der Waals surface area (Å²) in [7, 11) is 1.62. The number of carbonyl (C=O) groups is 1. The Balaban J connectivity index is 2.21. The van der Waals surface area contributed by atoms with E-state index in [0.717, 1.165) is 37.3 Å². The van der Waals surface area contributed by atoms with Crippen LogP contribution in [-0.2, 0) is 0 Å². The number of hydrogen-bond donors (Lipinski definition) is 0. The molecule has 27 heavy (non-hydrogen) atoms. The Hall–Kier alpha value is -2.57. The zero-order valence-electron chi connectivity index (χ0n) is 15.3. The van der Waals surface area contributed by atoms with Crippen LogP contribution >= 0.6 is 22.9 Å². The van der Waals surface area contributed by atoms with E-state index in [-0.39, 0.29) is 5.78 Å². The first kappa shape index (κ1) is 17.8. The second-order valence-corrected chi connectivity index (χ2v) is 7.61. The molecular weight excluding hydrogens is 382 g/mol. The smallest absolute Gasteiger partial charge is 0.162 e. The van der Waals surface area contributed by atoms with Gasteiger partial charge in [0, 0.05) is 16.5 Å².